The first-order chi connectivity index (χ1) is 8.19. The van der Waals surface area contributed by atoms with Crippen LogP contribution in [0.15, 0.2) is 11.8 Å². The van der Waals surface area contributed by atoms with E-state index in [9.17, 15) is 0 Å². The Bertz CT molecular complexity index is 378. The summed E-state index contributed by atoms with van der Waals surface area (Å²) in [6, 6.07) is 0. The quantitative estimate of drug-likeness (QED) is 0.503. The van der Waals surface area contributed by atoms with Crippen LogP contribution in [-0.4, -0.2) is 7.11 Å². The molecule has 52 valence electrons. The van der Waals surface area contributed by atoms with Crippen molar-refractivity contribution in [2.75, 3.05) is 7.11 Å². The molecule has 0 heterocycles. The van der Waals surface area contributed by atoms with Gasteiger partial charge >= 0.3 is 0 Å². The van der Waals surface area contributed by atoms with Crippen LogP contribution < -0.4 is 0 Å². The van der Waals surface area contributed by atoms with Crippen LogP contribution in [0.4, 0.5) is 0 Å². The molecule has 1 aliphatic carbocycles. The summed E-state index contributed by atoms with van der Waals surface area (Å²) in [4.78, 5) is 0. The Labute approximate surface area is 70.8 Å². The van der Waals surface area contributed by atoms with Gasteiger partial charge in [-0.25, -0.2) is 0 Å². The highest BCUT2D eigenvalue weighted by atomic mass is 16.5. The molecule has 0 unspecified atom stereocenters. The molecular weight excluding hydrogens is 112 g/mol. The second-order valence-corrected chi connectivity index (χ2v) is 1.39. The molecule has 1 rings (SSSR count). The molecule has 0 aromatic rings. The van der Waals surface area contributed by atoms with E-state index in [1.807, 2.05) is 0 Å². The molecule has 0 amide bonds. The smallest absolute Gasteiger partial charge is 0.0816 e. The van der Waals surface area contributed by atoms with E-state index in [0.29, 0.717) is 6.26 Å². The van der Waals surface area contributed by atoms with Crippen LogP contribution in [0.3, 0.4) is 0 Å². The maximum absolute atomic E-state index is 7.67. The van der Waals surface area contributed by atoms with E-state index in [-0.39, 0.29) is 0 Å². The van der Waals surface area contributed by atoms with Crippen molar-refractivity contribution in [1.82, 2.24) is 0 Å². The molecule has 0 aromatic carbocycles. The number of allylic oxidation sites excluding steroid dienone is 1. The molecule has 0 radical (unpaired) electrons. The van der Waals surface area contributed by atoms with Gasteiger partial charge in [0.05, 0.1) is 13.4 Å². The van der Waals surface area contributed by atoms with E-state index < -0.39 is 37.4 Å². The summed E-state index contributed by atoms with van der Waals surface area (Å²) < 4.78 is 80.6. The molecule has 1 fully saturated rings. The molecular formula is C8H14O. The number of hydrogen-bond donors (Lipinski definition) is 0. The van der Waals surface area contributed by atoms with Crippen LogP contribution in [0.2, 0.25) is 0 Å². The van der Waals surface area contributed by atoms with E-state index >= 15 is 0 Å². The molecule has 0 bridgehead atoms. The van der Waals surface area contributed by atoms with Gasteiger partial charge in [-0.2, -0.15) is 0 Å². The first kappa shape index (κ1) is 1.41. The maximum Gasteiger partial charge on any atom is 0.0816 e. The van der Waals surface area contributed by atoms with Crippen molar-refractivity contribution in [3.8, 4) is 0 Å². The van der Waals surface area contributed by atoms with Crippen LogP contribution in [-0.2, 0) is 4.74 Å². The number of methoxy groups -OCH3 is 1. The fraction of sp³-hybridized carbons (Fsp3) is 0.750. The zero-order valence-corrected chi connectivity index (χ0v) is 4.99. The molecule has 9 heavy (non-hydrogen) atoms. The first-order valence-electron chi connectivity index (χ1n) is 7.43. The van der Waals surface area contributed by atoms with Crippen molar-refractivity contribution in [3.05, 3.63) is 11.8 Å². The van der Waals surface area contributed by atoms with Gasteiger partial charge in [-0.3, -0.25) is 0 Å². The second kappa shape index (κ2) is 3.54. The third-order valence-corrected chi connectivity index (χ3v) is 0.755. The van der Waals surface area contributed by atoms with E-state index in [0.717, 1.165) is 7.11 Å². The summed E-state index contributed by atoms with van der Waals surface area (Å²) in [5, 5.41) is 0. The Hall–Kier alpha value is -0.460. The minimum atomic E-state index is -3.36. The predicted molar refractivity (Wildman–Crippen MR) is 38.2 cm³/mol. The SMILES string of the molecule is [2H]C1([2H])C(=COC)C([2H])([2H])C([2H])([2H])C([2H])([2H])C1([2H])[2H]. The third kappa shape index (κ3) is 2.08. The topological polar surface area (TPSA) is 9.23 Å². The largest absolute Gasteiger partial charge is 0.504 e. The van der Waals surface area contributed by atoms with E-state index in [2.05, 4.69) is 4.74 Å². The Balaban J connectivity index is 3.71. The van der Waals surface area contributed by atoms with Gasteiger partial charge in [0.15, 0.2) is 0 Å². The molecule has 0 saturated heterocycles. The van der Waals surface area contributed by atoms with Gasteiger partial charge < -0.3 is 4.74 Å². The number of rotatable bonds is 1. The molecule has 1 heteroatoms. The molecule has 1 saturated carbocycles. The zero-order valence-electron chi connectivity index (χ0n) is 15.0. The van der Waals surface area contributed by atoms with Gasteiger partial charge in [-0.15, -0.1) is 0 Å². The van der Waals surface area contributed by atoms with Gasteiger partial charge in [0.25, 0.3) is 0 Å². The lowest BCUT2D eigenvalue weighted by molar-refractivity contribution is 0.328. The van der Waals surface area contributed by atoms with Crippen molar-refractivity contribution in [2.24, 2.45) is 0 Å². The lowest BCUT2D eigenvalue weighted by atomic mass is 9.96. The highest BCUT2D eigenvalue weighted by molar-refractivity contribution is 4.99. The van der Waals surface area contributed by atoms with Crippen molar-refractivity contribution in [3.63, 3.8) is 0 Å². The fourth-order valence-corrected chi connectivity index (χ4v) is 0.436. The van der Waals surface area contributed by atoms with E-state index in [1.54, 1.807) is 0 Å². The van der Waals surface area contributed by atoms with Crippen LogP contribution >= 0.6 is 0 Å². The summed E-state index contributed by atoms with van der Waals surface area (Å²) in [6.07, 6.45) is -15.4. The maximum atomic E-state index is 7.67. The van der Waals surface area contributed by atoms with E-state index in [4.69, 9.17) is 13.7 Å². The van der Waals surface area contributed by atoms with Crippen molar-refractivity contribution >= 4 is 0 Å². The van der Waals surface area contributed by atoms with E-state index in [1.165, 1.54) is 0 Å². The molecule has 0 aromatic heterocycles. The minimum absolute atomic E-state index is 0.602. The first-order valence-corrected chi connectivity index (χ1v) is 2.43. The summed E-state index contributed by atoms with van der Waals surface area (Å²) >= 11 is 0. The number of hydrogen-bond acceptors (Lipinski definition) is 1. The Kier molecular flexibility index (Phi) is 0.556. The Morgan fingerprint density at radius 3 is 2.67 bits per heavy atom. The summed E-state index contributed by atoms with van der Waals surface area (Å²) in [7, 11) is 1.09. The van der Waals surface area contributed by atoms with Crippen LogP contribution in [0.5, 0.6) is 0 Å². The van der Waals surface area contributed by atoms with Gasteiger partial charge in [-0.05, 0) is 31.1 Å². The van der Waals surface area contributed by atoms with Gasteiger partial charge in [0.2, 0.25) is 0 Å². The summed E-state index contributed by atoms with van der Waals surface area (Å²) in [5.74, 6) is 0. The lowest BCUT2D eigenvalue weighted by Crippen LogP contribution is -1.93. The molecule has 1 nitrogen and oxygen atoms in total. The monoisotopic (exact) mass is 136 g/mol. The predicted octanol–water partition coefficient (Wildman–Crippen LogP) is 2.48. The summed E-state index contributed by atoms with van der Waals surface area (Å²) in [5.41, 5.74) is -0.896. The standard InChI is InChI=1S/C8H14O/c1-9-7-8-5-3-2-4-6-8/h7H,2-6H2,1H3/i2D2,3D2,4D2,5D2,6D2. The molecule has 0 N–H and O–H groups in total. The Morgan fingerprint density at radius 2 is 2.11 bits per heavy atom. The molecule has 0 aliphatic heterocycles. The van der Waals surface area contributed by atoms with Gasteiger partial charge in [0.1, 0.15) is 0 Å². The molecule has 0 atom stereocenters. The highest BCUT2D eigenvalue weighted by Crippen LogP contribution is 2.22. The second-order valence-electron chi connectivity index (χ2n) is 1.39. The molecule has 0 spiro atoms. The fourth-order valence-electron chi connectivity index (χ4n) is 0.436. The average molecular weight is 136 g/mol. The van der Waals surface area contributed by atoms with Crippen LogP contribution in [0.1, 0.15) is 45.6 Å². The summed E-state index contributed by atoms with van der Waals surface area (Å²) in [6.45, 7) is 0. The third-order valence-electron chi connectivity index (χ3n) is 0.755. The van der Waals surface area contributed by atoms with Gasteiger partial charge in [0, 0.05) is 13.7 Å². The molecule has 1 aliphatic rings. The highest BCUT2D eigenvalue weighted by Gasteiger charge is 2.03. The normalized spacial score (nSPS) is 63.9. The van der Waals surface area contributed by atoms with Gasteiger partial charge in [-0.1, -0.05) is 6.37 Å². The van der Waals surface area contributed by atoms with Crippen LogP contribution in [0, 0.1) is 0 Å². The number of ether oxygens (including phenoxy) is 1. The van der Waals surface area contributed by atoms with Crippen molar-refractivity contribution in [2.45, 2.75) is 31.9 Å². The van der Waals surface area contributed by atoms with Crippen molar-refractivity contribution < 1.29 is 18.4 Å². The average Bonchev–Trinajstić information content (AvgIpc) is 2.22. The zero-order chi connectivity index (χ0) is 15.5. The minimum Gasteiger partial charge on any atom is -0.504 e. The lowest BCUT2D eigenvalue weighted by Gasteiger charge is -2.11. The Morgan fingerprint density at radius 1 is 1.44 bits per heavy atom. The van der Waals surface area contributed by atoms with Crippen LogP contribution in [0.25, 0.3) is 0 Å². The van der Waals surface area contributed by atoms with Crippen molar-refractivity contribution in [1.29, 1.82) is 0 Å².